The lowest BCUT2D eigenvalue weighted by atomic mass is 10.2. The van der Waals surface area contributed by atoms with Crippen molar-refractivity contribution in [1.29, 1.82) is 0 Å². The average Bonchev–Trinajstić information content (AvgIpc) is 2.08. The first-order valence-electron chi connectivity index (χ1n) is 4.80. The summed E-state index contributed by atoms with van der Waals surface area (Å²) in [6.07, 6.45) is -4.46. The predicted octanol–water partition coefficient (Wildman–Crippen LogP) is 2.60. The van der Waals surface area contributed by atoms with Crippen molar-refractivity contribution < 1.29 is 27.8 Å². The molecule has 0 fully saturated rings. The van der Waals surface area contributed by atoms with Crippen LogP contribution in [0.3, 0.4) is 0 Å². The van der Waals surface area contributed by atoms with Gasteiger partial charge in [-0.15, -0.1) is 0 Å². The van der Waals surface area contributed by atoms with Crippen LogP contribution in [0.4, 0.5) is 13.2 Å². The van der Waals surface area contributed by atoms with Gasteiger partial charge in [-0.25, -0.2) is 4.79 Å². The van der Waals surface area contributed by atoms with Crippen LogP contribution in [0.15, 0.2) is 0 Å². The number of rotatable bonds is 7. The number of unbranched alkanes of at least 4 members (excludes halogenated alkanes) is 3. The van der Waals surface area contributed by atoms with Crippen LogP contribution in [0.25, 0.3) is 0 Å². The number of hydrogen-bond acceptors (Lipinski definition) is 2. The van der Waals surface area contributed by atoms with Gasteiger partial charge in [0.05, 0.1) is 0 Å². The molecule has 0 aromatic carbocycles. The molecule has 90 valence electrons. The van der Waals surface area contributed by atoms with Crippen LogP contribution < -0.4 is 0 Å². The molecule has 0 aliphatic heterocycles. The Hall–Kier alpha value is -0.780. The first-order chi connectivity index (χ1) is 6.89. The third-order valence-electron chi connectivity index (χ3n) is 1.80. The molecule has 1 atom stereocenters. The number of halogens is 3. The fourth-order valence-electron chi connectivity index (χ4n) is 1.04. The number of carboxylic acid groups (broad SMARTS) is 1. The monoisotopic (exact) mass is 228 g/mol. The Morgan fingerprint density at radius 1 is 1.33 bits per heavy atom. The summed E-state index contributed by atoms with van der Waals surface area (Å²) < 4.78 is 40.4. The summed E-state index contributed by atoms with van der Waals surface area (Å²) in [5.41, 5.74) is 0. The standard InChI is InChI=1S/C9H15F3O3/c1-2-3-4-5-6-15-7(8(13)14)9(10,11)12/h7H,2-6H2,1H3,(H,13,14). The van der Waals surface area contributed by atoms with E-state index in [1.807, 2.05) is 6.92 Å². The van der Waals surface area contributed by atoms with Gasteiger partial charge in [0, 0.05) is 6.61 Å². The summed E-state index contributed by atoms with van der Waals surface area (Å²) in [5.74, 6) is -1.99. The second-order valence-electron chi connectivity index (χ2n) is 3.19. The number of carboxylic acids is 1. The van der Waals surface area contributed by atoms with E-state index in [1.165, 1.54) is 0 Å². The highest BCUT2D eigenvalue weighted by molar-refractivity contribution is 5.73. The first-order valence-corrected chi connectivity index (χ1v) is 4.80. The van der Waals surface area contributed by atoms with Gasteiger partial charge in [0.15, 0.2) is 0 Å². The summed E-state index contributed by atoms with van der Waals surface area (Å²) in [4.78, 5) is 10.2. The highest BCUT2D eigenvalue weighted by atomic mass is 19.4. The Morgan fingerprint density at radius 3 is 2.33 bits per heavy atom. The van der Waals surface area contributed by atoms with Crippen molar-refractivity contribution in [2.45, 2.75) is 44.9 Å². The Bertz CT molecular complexity index is 192. The van der Waals surface area contributed by atoms with E-state index in [0.29, 0.717) is 6.42 Å². The molecule has 0 aliphatic carbocycles. The molecule has 0 bridgehead atoms. The molecule has 0 spiro atoms. The summed E-state index contributed by atoms with van der Waals surface area (Å²) in [5, 5.41) is 8.27. The van der Waals surface area contributed by atoms with E-state index in [9.17, 15) is 18.0 Å². The molecular weight excluding hydrogens is 213 g/mol. The second-order valence-corrected chi connectivity index (χ2v) is 3.19. The van der Waals surface area contributed by atoms with Crippen molar-refractivity contribution in [1.82, 2.24) is 0 Å². The third-order valence-corrected chi connectivity index (χ3v) is 1.80. The Kier molecular flexibility index (Phi) is 6.31. The zero-order chi connectivity index (χ0) is 11.9. The molecule has 0 saturated heterocycles. The lowest BCUT2D eigenvalue weighted by Crippen LogP contribution is -2.39. The van der Waals surface area contributed by atoms with E-state index >= 15 is 0 Å². The van der Waals surface area contributed by atoms with Crippen LogP contribution >= 0.6 is 0 Å². The van der Waals surface area contributed by atoms with Crippen LogP contribution in [-0.4, -0.2) is 30.0 Å². The van der Waals surface area contributed by atoms with Gasteiger partial charge in [-0.05, 0) is 6.42 Å². The maximum absolute atomic E-state index is 12.0. The van der Waals surface area contributed by atoms with Gasteiger partial charge in [0.25, 0.3) is 6.10 Å². The Labute approximate surface area is 86.2 Å². The van der Waals surface area contributed by atoms with E-state index in [1.54, 1.807) is 0 Å². The number of carbonyl (C=O) groups is 1. The maximum atomic E-state index is 12.0. The highest BCUT2D eigenvalue weighted by Gasteiger charge is 2.46. The van der Waals surface area contributed by atoms with Gasteiger partial charge < -0.3 is 9.84 Å². The van der Waals surface area contributed by atoms with Crippen LogP contribution in [0.2, 0.25) is 0 Å². The topological polar surface area (TPSA) is 46.5 Å². The molecule has 1 N–H and O–H groups in total. The van der Waals surface area contributed by atoms with Crippen molar-refractivity contribution in [2.75, 3.05) is 6.61 Å². The SMILES string of the molecule is CCCCCCOC(C(=O)O)C(F)(F)F. The fraction of sp³-hybridized carbons (Fsp3) is 0.889. The lowest BCUT2D eigenvalue weighted by Gasteiger charge is -2.16. The number of alkyl halides is 3. The molecule has 0 heterocycles. The molecule has 0 aromatic heterocycles. The van der Waals surface area contributed by atoms with Crippen LogP contribution in [0.1, 0.15) is 32.6 Å². The van der Waals surface area contributed by atoms with Gasteiger partial charge in [0.2, 0.25) is 0 Å². The minimum absolute atomic E-state index is 0.170. The van der Waals surface area contributed by atoms with Crippen molar-refractivity contribution in [3.05, 3.63) is 0 Å². The zero-order valence-electron chi connectivity index (χ0n) is 8.51. The number of ether oxygens (including phenoxy) is 1. The molecule has 3 nitrogen and oxygen atoms in total. The third kappa shape index (κ3) is 6.33. The van der Waals surface area contributed by atoms with E-state index in [-0.39, 0.29) is 6.61 Å². The molecule has 0 rings (SSSR count). The van der Waals surface area contributed by atoms with Crippen LogP contribution in [0.5, 0.6) is 0 Å². The van der Waals surface area contributed by atoms with Gasteiger partial charge in [0.1, 0.15) is 0 Å². The normalized spacial score (nSPS) is 13.9. The summed E-state index contributed by atoms with van der Waals surface area (Å²) in [6, 6.07) is 0. The number of hydrogen-bond donors (Lipinski definition) is 1. The molecule has 15 heavy (non-hydrogen) atoms. The van der Waals surface area contributed by atoms with E-state index < -0.39 is 18.2 Å². The fourth-order valence-corrected chi connectivity index (χ4v) is 1.04. The van der Waals surface area contributed by atoms with Crippen molar-refractivity contribution in [2.24, 2.45) is 0 Å². The minimum atomic E-state index is -4.84. The van der Waals surface area contributed by atoms with Crippen molar-refractivity contribution in [3.8, 4) is 0 Å². The molecule has 0 aliphatic rings. The largest absolute Gasteiger partial charge is 0.479 e. The average molecular weight is 228 g/mol. The van der Waals surface area contributed by atoms with E-state index in [2.05, 4.69) is 4.74 Å². The molecule has 0 saturated carbocycles. The van der Waals surface area contributed by atoms with Crippen LogP contribution in [0, 0.1) is 0 Å². The van der Waals surface area contributed by atoms with Gasteiger partial charge in [-0.1, -0.05) is 26.2 Å². The van der Waals surface area contributed by atoms with Gasteiger partial charge >= 0.3 is 12.1 Å². The second kappa shape index (κ2) is 6.66. The number of aliphatic carboxylic acids is 1. The van der Waals surface area contributed by atoms with E-state index in [0.717, 1.165) is 19.3 Å². The lowest BCUT2D eigenvalue weighted by molar-refractivity contribution is -0.227. The highest BCUT2D eigenvalue weighted by Crippen LogP contribution is 2.23. The van der Waals surface area contributed by atoms with Gasteiger partial charge in [-0.3, -0.25) is 0 Å². The molecule has 0 amide bonds. The maximum Gasteiger partial charge on any atom is 0.425 e. The Balaban J connectivity index is 3.84. The smallest absolute Gasteiger partial charge is 0.425 e. The minimum Gasteiger partial charge on any atom is -0.479 e. The molecule has 0 aromatic rings. The summed E-state index contributed by atoms with van der Waals surface area (Å²) in [6.45, 7) is 1.80. The van der Waals surface area contributed by atoms with E-state index in [4.69, 9.17) is 5.11 Å². The summed E-state index contributed by atoms with van der Waals surface area (Å²) >= 11 is 0. The summed E-state index contributed by atoms with van der Waals surface area (Å²) in [7, 11) is 0. The van der Waals surface area contributed by atoms with Gasteiger partial charge in [-0.2, -0.15) is 13.2 Å². The van der Waals surface area contributed by atoms with Crippen molar-refractivity contribution in [3.63, 3.8) is 0 Å². The molecular formula is C9H15F3O3. The van der Waals surface area contributed by atoms with Crippen molar-refractivity contribution >= 4 is 5.97 Å². The Morgan fingerprint density at radius 2 is 1.93 bits per heavy atom. The zero-order valence-corrected chi connectivity index (χ0v) is 8.51. The molecule has 1 unspecified atom stereocenters. The first kappa shape index (κ1) is 14.2. The quantitative estimate of drug-likeness (QED) is 0.681. The molecule has 6 heteroatoms. The van der Waals surface area contributed by atoms with Crippen LogP contribution in [-0.2, 0) is 9.53 Å². The predicted molar refractivity (Wildman–Crippen MR) is 47.6 cm³/mol. The molecule has 0 radical (unpaired) electrons.